The van der Waals surface area contributed by atoms with Gasteiger partial charge in [0.05, 0.1) is 12.1 Å². The lowest BCUT2D eigenvalue weighted by atomic mass is 10.1. The monoisotopic (exact) mass is 258 g/mol. The van der Waals surface area contributed by atoms with Crippen molar-refractivity contribution in [1.29, 1.82) is 0 Å². The third kappa shape index (κ3) is 3.29. The van der Waals surface area contributed by atoms with E-state index >= 15 is 0 Å². The minimum Gasteiger partial charge on any atom is -0.465 e. The fourth-order valence-corrected chi connectivity index (χ4v) is 1.92. The number of benzene rings is 1. The van der Waals surface area contributed by atoms with Gasteiger partial charge in [-0.25, -0.2) is 0 Å². The first-order valence-corrected chi connectivity index (χ1v) is 6.45. The molecule has 0 aliphatic carbocycles. The van der Waals surface area contributed by atoms with Gasteiger partial charge in [0.1, 0.15) is 6.04 Å². The Morgan fingerprint density at radius 2 is 2.16 bits per heavy atom. The molecule has 0 aliphatic rings. The van der Waals surface area contributed by atoms with Crippen LogP contribution in [0.5, 0.6) is 0 Å². The van der Waals surface area contributed by atoms with Crippen LogP contribution in [0.25, 0.3) is 10.9 Å². The molecule has 0 amide bonds. The average Bonchev–Trinajstić information content (AvgIpc) is 2.45. The maximum Gasteiger partial charge on any atom is 0.322 e. The molecule has 0 aliphatic heterocycles. The lowest BCUT2D eigenvalue weighted by molar-refractivity contribution is -0.145. The second kappa shape index (κ2) is 6.29. The van der Waals surface area contributed by atoms with Gasteiger partial charge in [-0.15, -0.1) is 0 Å². The molecule has 1 aromatic carbocycles. The fraction of sp³-hybridized carbons (Fsp3) is 0.333. The van der Waals surface area contributed by atoms with Crippen LogP contribution in [0.2, 0.25) is 0 Å². The molecule has 1 atom stereocenters. The van der Waals surface area contributed by atoms with Gasteiger partial charge in [-0.05, 0) is 25.5 Å². The Morgan fingerprint density at radius 3 is 2.95 bits per heavy atom. The Bertz CT molecular complexity index is 564. The predicted octanol–water partition coefficient (Wildman–Crippen LogP) is 2.28. The number of carbonyl (C=O) groups excluding carboxylic acids is 1. The van der Waals surface area contributed by atoms with Crippen molar-refractivity contribution in [1.82, 2.24) is 10.3 Å². The number of para-hydroxylation sites is 1. The zero-order valence-corrected chi connectivity index (χ0v) is 11.2. The zero-order chi connectivity index (χ0) is 13.7. The number of ether oxygens (including phenoxy) is 1. The molecular formula is C15H18N2O2. The van der Waals surface area contributed by atoms with Crippen LogP contribution in [-0.2, 0) is 16.1 Å². The Labute approximate surface area is 112 Å². The molecule has 1 N–H and O–H groups in total. The number of pyridine rings is 1. The molecular weight excluding hydrogens is 240 g/mol. The highest BCUT2D eigenvalue weighted by Gasteiger charge is 2.13. The van der Waals surface area contributed by atoms with Crippen LogP contribution in [0.1, 0.15) is 19.4 Å². The van der Waals surface area contributed by atoms with E-state index in [-0.39, 0.29) is 12.0 Å². The van der Waals surface area contributed by atoms with Gasteiger partial charge in [-0.2, -0.15) is 0 Å². The van der Waals surface area contributed by atoms with Gasteiger partial charge in [0.15, 0.2) is 0 Å². The summed E-state index contributed by atoms with van der Waals surface area (Å²) in [6, 6.07) is 9.66. The molecule has 100 valence electrons. The van der Waals surface area contributed by atoms with E-state index in [1.54, 1.807) is 20.0 Å². The van der Waals surface area contributed by atoms with Gasteiger partial charge in [-0.1, -0.05) is 24.3 Å². The van der Waals surface area contributed by atoms with E-state index in [2.05, 4.69) is 10.3 Å². The molecule has 1 aromatic heterocycles. The highest BCUT2D eigenvalue weighted by atomic mass is 16.5. The number of hydrogen-bond donors (Lipinski definition) is 1. The second-order valence-corrected chi connectivity index (χ2v) is 4.35. The first-order chi connectivity index (χ1) is 9.22. The van der Waals surface area contributed by atoms with Crippen molar-refractivity contribution < 1.29 is 9.53 Å². The molecule has 0 bridgehead atoms. The highest BCUT2D eigenvalue weighted by Crippen LogP contribution is 2.15. The number of fused-ring (bicyclic) bond motifs is 1. The number of aromatic nitrogens is 1. The largest absolute Gasteiger partial charge is 0.465 e. The van der Waals surface area contributed by atoms with Crippen LogP contribution in [0.3, 0.4) is 0 Å². The molecule has 1 heterocycles. The molecule has 0 fully saturated rings. The highest BCUT2D eigenvalue weighted by molar-refractivity contribution is 5.81. The average molecular weight is 258 g/mol. The van der Waals surface area contributed by atoms with Gasteiger partial charge in [0.2, 0.25) is 0 Å². The Hall–Kier alpha value is -1.94. The third-order valence-electron chi connectivity index (χ3n) is 2.96. The van der Waals surface area contributed by atoms with Crippen LogP contribution in [0, 0.1) is 0 Å². The van der Waals surface area contributed by atoms with Crippen molar-refractivity contribution in [2.75, 3.05) is 6.61 Å². The quantitative estimate of drug-likeness (QED) is 0.836. The van der Waals surface area contributed by atoms with E-state index in [9.17, 15) is 4.79 Å². The molecule has 2 rings (SSSR count). The summed E-state index contributed by atoms with van der Waals surface area (Å²) in [5.74, 6) is -0.226. The van der Waals surface area contributed by atoms with Gasteiger partial charge >= 0.3 is 5.97 Å². The summed E-state index contributed by atoms with van der Waals surface area (Å²) in [7, 11) is 0. The van der Waals surface area contributed by atoms with E-state index in [1.165, 1.54) is 0 Å². The van der Waals surface area contributed by atoms with E-state index in [0.717, 1.165) is 16.5 Å². The maximum absolute atomic E-state index is 11.5. The summed E-state index contributed by atoms with van der Waals surface area (Å²) in [5, 5.41) is 4.26. The van der Waals surface area contributed by atoms with E-state index in [4.69, 9.17) is 4.74 Å². The first kappa shape index (κ1) is 13.5. The van der Waals surface area contributed by atoms with Crippen molar-refractivity contribution >= 4 is 16.9 Å². The van der Waals surface area contributed by atoms with E-state index in [0.29, 0.717) is 13.2 Å². The van der Waals surface area contributed by atoms with Crippen LogP contribution in [-0.4, -0.2) is 23.6 Å². The summed E-state index contributed by atoms with van der Waals surface area (Å²) in [4.78, 5) is 15.9. The topological polar surface area (TPSA) is 51.2 Å². The number of carbonyl (C=O) groups is 1. The number of esters is 1. The molecule has 4 heteroatoms. The van der Waals surface area contributed by atoms with E-state index in [1.807, 2.05) is 30.3 Å². The lowest BCUT2D eigenvalue weighted by Gasteiger charge is -2.13. The molecule has 0 radical (unpaired) electrons. The van der Waals surface area contributed by atoms with Crippen molar-refractivity contribution in [3.05, 3.63) is 42.1 Å². The molecule has 0 saturated carbocycles. The minimum absolute atomic E-state index is 0.226. The smallest absolute Gasteiger partial charge is 0.322 e. The Kier molecular flexibility index (Phi) is 4.47. The van der Waals surface area contributed by atoms with Crippen LogP contribution in [0.4, 0.5) is 0 Å². The van der Waals surface area contributed by atoms with Gasteiger partial charge < -0.3 is 10.1 Å². The first-order valence-electron chi connectivity index (χ1n) is 6.45. The van der Waals surface area contributed by atoms with Crippen molar-refractivity contribution in [2.24, 2.45) is 0 Å². The van der Waals surface area contributed by atoms with Gasteiger partial charge in [0.25, 0.3) is 0 Å². The summed E-state index contributed by atoms with van der Waals surface area (Å²) < 4.78 is 4.96. The molecule has 0 saturated heterocycles. The normalized spacial score (nSPS) is 12.3. The SMILES string of the molecule is CCOC(=O)C(C)NCc1cccc2cccnc12. The molecule has 2 aromatic rings. The van der Waals surface area contributed by atoms with E-state index < -0.39 is 0 Å². The number of nitrogens with one attached hydrogen (secondary N) is 1. The maximum atomic E-state index is 11.5. The minimum atomic E-state index is -0.320. The second-order valence-electron chi connectivity index (χ2n) is 4.35. The fourth-order valence-electron chi connectivity index (χ4n) is 1.92. The van der Waals surface area contributed by atoms with Gasteiger partial charge in [-0.3, -0.25) is 9.78 Å². The molecule has 0 spiro atoms. The van der Waals surface area contributed by atoms with Crippen LogP contribution < -0.4 is 5.32 Å². The number of hydrogen-bond acceptors (Lipinski definition) is 4. The molecule has 1 unspecified atom stereocenters. The Morgan fingerprint density at radius 1 is 1.37 bits per heavy atom. The summed E-state index contributed by atoms with van der Waals surface area (Å²) in [6.07, 6.45) is 1.78. The standard InChI is InChI=1S/C15H18N2O2/c1-3-19-15(18)11(2)17-10-13-7-4-6-12-8-5-9-16-14(12)13/h4-9,11,17H,3,10H2,1-2H3. The summed E-state index contributed by atoms with van der Waals surface area (Å²) in [5.41, 5.74) is 2.04. The van der Waals surface area contributed by atoms with Crippen molar-refractivity contribution in [2.45, 2.75) is 26.4 Å². The number of rotatable bonds is 5. The Balaban J connectivity index is 2.08. The summed E-state index contributed by atoms with van der Waals surface area (Å²) >= 11 is 0. The van der Waals surface area contributed by atoms with Crippen LogP contribution >= 0.6 is 0 Å². The lowest BCUT2D eigenvalue weighted by Crippen LogP contribution is -2.34. The van der Waals surface area contributed by atoms with Gasteiger partial charge in [0, 0.05) is 18.1 Å². The molecule has 4 nitrogen and oxygen atoms in total. The third-order valence-corrected chi connectivity index (χ3v) is 2.96. The predicted molar refractivity (Wildman–Crippen MR) is 74.7 cm³/mol. The number of nitrogens with zero attached hydrogens (tertiary/aromatic N) is 1. The summed E-state index contributed by atoms with van der Waals surface area (Å²) in [6.45, 7) is 4.60. The van der Waals surface area contributed by atoms with Crippen molar-refractivity contribution in [3.8, 4) is 0 Å². The molecule has 19 heavy (non-hydrogen) atoms. The zero-order valence-electron chi connectivity index (χ0n) is 11.2. The van der Waals surface area contributed by atoms with Crippen molar-refractivity contribution in [3.63, 3.8) is 0 Å². The van der Waals surface area contributed by atoms with Crippen LogP contribution in [0.15, 0.2) is 36.5 Å².